The van der Waals surface area contributed by atoms with Crippen molar-refractivity contribution in [2.75, 3.05) is 56.7 Å². The molecule has 144 valence electrons. The van der Waals surface area contributed by atoms with Crippen molar-refractivity contribution >= 4 is 17.4 Å². The number of ether oxygens (including phenoxy) is 1. The molecule has 0 radical (unpaired) electrons. The normalized spacial score (nSPS) is 14.3. The average molecular weight is 369 g/mol. The molecule has 1 aromatic heterocycles. The minimum atomic E-state index is -0.0341. The number of hydrogen-bond donors (Lipinski definition) is 1. The van der Waals surface area contributed by atoms with Crippen LogP contribution in [0.1, 0.15) is 22.7 Å². The van der Waals surface area contributed by atoms with Gasteiger partial charge in [-0.2, -0.15) is 0 Å². The van der Waals surface area contributed by atoms with Gasteiger partial charge in [0.25, 0.3) is 5.91 Å². The van der Waals surface area contributed by atoms with Gasteiger partial charge in [0.1, 0.15) is 17.3 Å². The highest BCUT2D eigenvalue weighted by Gasteiger charge is 2.23. The Labute approximate surface area is 160 Å². The van der Waals surface area contributed by atoms with Crippen molar-refractivity contribution in [2.24, 2.45) is 0 Å². The fourth-order valence-corrected chi connectivity index (χ4v) is 3.17. The van der Waals surface area contributed by atoms with Crippen LogP contribution in [0.3, 0.4) is 0 Å². The number of hydrogen-bond acceptors (Lipinski definition) is 6. The van der Waals surface area contributed by atoms with E-state index in [0.717, 1.165) is 26.1 Å². The molecule has 0 bridgehead atoms. The van der Waals surface area contributed by atoms with Crippen molar-refractivity contribution in [1.82, 2.24) is 14.9 Å². The van der Waals surface area contributed by atoms with Gasteiger partial charge in [0.2, 0.25) is 0 Å². The van der Waals surface area contributed by atoms with Crippen molar-refractivity contribution in [3.05, 3.63) is 47.9 Å². The number of carbonyl (C=O) groups is 1. The van der Waals surface area contributed by atoms with E-state index in [9.17, 15) is 4.79 Å². The van der Waals surface area contributed by atoms with Gasteiger partial charge < -0.3 is 19.9 Å². The number of amides is 1. The molecule has 1 amide bonds. The van der Waals surface area contributed by atoms with Crippen molar-refractivity contribution < 1.29 is 9.53 Å². The van der Waals surface area contributed by atoms with E-state index in [-0.39, 0.29) is 5.91 Å². The molecule has 2 heterocycles. The number of aromatic nitrogens is 2. The van der Waals surface area contributed by atoms with Crippen LogP contribution in [-0.4, -0.2) is 67.2 Å². The van der Waals surface area contributed by atoms with Crippen LogP contribution in [0.25, 0.3) is 0 Å². The zero-order chi connectivity index (χ0) is 19.1. The lowest BCUT2D eigenvalue weighted by Gasteiger charge is -2.36. The van der Waals surface area contributed by atoms with E-state index in [1.807, 2.05) is 30.0 Å². The summed E-state index contributed by atoms with van der Waals surface area (Å²) < 4.78 is 5.05. The van der Waals surface area contributed by atoms with Gasteiger partial charge in [0, 0.05) is 58.2 Å². The molecule has 7 nitrogen and oxygen atoms in total. The van der Waals surface area contributed by atoms with E-state index < -0.39 is 0 Å². The molecule has 1 aliphatic rings. The summed E-state index contributed by atoms with van der Waals surface area (Å²) in [7, 11) is 1.68. The summed E-state index contributed by atoms with van der Waals surface area (Å²) in [5.41, 5.74) is 1.65. The minimum absolute atomic E-state index is 0.0341. The van der Waals surface area contributed by atoms with Crippen LogP contribution in [0.4, 0.5) is 11.5 Å². The molecule has 7 heteroatoms. The van der Waals surface area contributed by atoms with Gasteiger partial charge in [0.05, 0.1) is 0 Å². The zero-order valence-electron chi connectivity index (χ0n) is 16.0. The van der Waals surface area contributed by atoms with Crippen LogP contribution in [0.15, 0.2) is 36.4 Å². The Hall–Kier alpha value is -2.67. The Morgan fingerprint density at radius 2 is 1.89 bits per heavy atom. The lowest BCUT2D eigenvalue weighted by atomic mass is 10.2. The number of benzene rings is 1. The number of aryl methyl sites for hydroxylation is 1. The summed E-state index contributed by atoms with van der Waals surface area (Å²) in [6.45, 7) is 6.26. The molecule has 0 saturated carbocycles. The lowest BCUT2D eigenvalue weighted by molar-refractivity contribution is 0.0740. The number of methoxy groups -OCH3 is 1. The Kier molecular flexibility index (Phi) is 6.59. The third kappa shape index (κ3) is 5.17. The number of para-hydroxylation sites is 1. The Morgan fingerprint density at radius 1 is 1.15 bits per heavy atom. The fraction of sp³-hybridized carbons (Fsp3) is 0.450. The minimum Gasteiger partial charge on any atom is -0.385 e. The van der Waals surface area contributed by atoms with Gasteiger partial charge in [0.15, 0.2) is 0 Å². The summed E-state index contributed by atoms with van der Waals surface area (Å²) >= 11 is 0. The molecule has 1 aliphatic heterocycles. The molecule has 1 aromatic carbocycles. The maximum Gasteiger partial charge on any atom is 0.272 e. The maximum absolute atomic E-state index is 12.9. The van der Waals surface area contributed by atoms with E-state index in [0.29, 0.717) is 37.0 Å². The predicted octanol–water partition coefficient (Wildman–Crippen LogP) is 2.20. The van der Waals surface area contributed by atoms with E-state index >= 15 is 0 Å². The summed E-state index contributed by atoms with van der Waals surface area (Å²) in [5, 5.41) is 3.24. The third-order valence-electron chi connectivity index (χ3n) is 4.58. The highest BCUT2D eigenvalue weighted by Crippen LogP contribution is 2.17. The van der Waals surface area contributed by atoms with Gasteiger partial charge in [-0.15, -0.1) is 0 Å². The van der Waals surface area contributed by atoms with Crippen LogP contribution in [-0.2, 0) is 4.74 Å². The molecular weight excluding hydrogens is 342 g/mol. The van der Waals surface area contributed by atoms with Crippen molar-refractivity contribution in [3.63, 3.8) is 0 Å². The molecule has 1 saturated heterocycles. The zero-order valence-corrected chi connectivity index (χ0v) is 16.0. The fourth-order valence-electron chi connectivity index (χ4n) is 3.17. The largest absolute Gasteiger partial charge is 0.385 e. The molecule has 3 rings (SSSR count). The van der Waals surface area contributed by atoms with Crippen LogP contribution in [0, 0.1) is 6.92 Å². The van der Waals surface area contributed by atoms with Gasteiger partial charge in [-0.25, -0.2) is 9.97 Å². The number of nitrogens with one attached hydrogen (secondary N) is 1. The second-order valence-electron chi connectivity index (χ2n) is 6.57. The monoisotopic (exact) mass is 369 g/mol. The van der Waals surface area contributed by atoms with Gasteiger partial charge >= 0.3 is 0 Å². The first kappa shape index (κ1) is 19.1. The lowest BCUT2D eigenvalue weighted by Crippen LogP contribution is -2.49. The highest BCUT2D eigenvalue weighted by atomic mass is 16.5. The topological polar surface area (TPSA) is 70.6 Å². The van der Waals surface area contributed by atoms with E-state index in [1.54, 1.807) is 13.2 Å². The molecule has 1 N–H and O–H groups in total. The van der Waals surface area contributed by atoms with Gasteiger partial charge in [-0.1, -0.05) is 18.2 Å². The molecule has 1 fully saturated rings. The second-order valence-corrected chi connectivity index (χ2v) is 6.57. The first-order valence-electron chi connectivity index (χ1n) is 9.35. The first-order valence-corrected chi connectivity index (χ1v) is 9.35. The predicted molar refractivity (Wildman–Crippen MR) is 106 cm³/mol. The van der Waals surface area contributed by atoms with Crippen LogP contribution < -0.4 is 10.2 Å². The summed E-state index contributed by atoms with van der Waals surface area (Å²) in [5.74, 6) is 1.25. The number of piperazine rings is 1. The van der Waals surface area contributed by atoms with Crippen molar-refractivity contribution in [3.8, 4) is 0 Å². The number of rotatable bonds is 7. The molecule has 0 unspecified atom stereocenters. The maximum atomic E-state index is 12.9. The van der Waals surface area contributed by atoms with E-state index in [2.05, 4.69) is 32.3 Å². The number of carbonyl (C=O) groups excluding carboxylic acids is 1. The number of nitrogens with zero attached hydrogens (tertiary/aromatic N) is 4. The van der Waals surface area contributed by atoms with E-state index in [4.69, 9.17) is 4.74 Å². The summed E-state index contributed by atoms with van der Waals surface area (Å²) in [6, 6.07) is 12.0. The van der Waals surface area contributed by atoms with Gasteiger partial charge in [-0.05, 0) is 25.5 Å². The highest BCUT2D eigenvalue weighted by molar-refractivity contribution is 5.93. The number of anilines is 2. The van der Waals surface area contributed by atoms with Crippen LogP contribution in [0.2, 0.25) is 0 Å². The quantitative estimate of drug-likeness (QED) is 0.755. The van der Waals surface area contributed by atoms with Crippen molar-refractivity contribution in [1.29, 1.82) is 0 Å². The SMILES string of the molecule is COCCCNc1cc(C(=O)N2CCN(c3ccccc3)CC2)nc(C)n1. The Morgan fingerprint density at radius 3 is 2.59 bits per heavy atom. The summed E-state index contributed by atoms with van der Waals surface area (Å²) in [4.78, 5) is 25.8. The molecule has 0 spiro atoms. The molecule has 0 atom stereocenters. The van der Waals surface area contributed by atoms with Gasteiger partial charge in [-0.3, -0.25) is 4.79 Å². The molecule has 2 aromatic rings. The first-order chi connectivity index (χ1) is 13.2. The summed E-state index contributed by atoms with van der Waals surface area (Å²) in [6.07, 6.45) is 0.879. The molecular formula is C20H27N5O2. The smallest absolute Gasteiger partial charge is 0.272 e. The second kappa shape index (κ2) is 9.32. The average Bonchev–Trinajstić information content (AvgIpc) is 2.71. The molecule has 27 heavy (non-hydrogen) atoms. The van der Waals surface area contributed by atoms with Crippen molar-refractivity contribution in [2.45, 2.75) is 13.3 Å². The third-order valence-corrected chi connectivity index (χ3v) is 4.58. The Balaban J connectivity index is 1.60. The van der Waals surface area contributed by atoms with Crippen LogP contribution in [0.5, 0.6) is 0 Å². The van der Waals surface area contributed by atoms with E-state index in [1.165, 1.54) is 5.69 Å². The van der Waals surface area contributed by atoms with Crippen LogP contribution >= 0.6 is 0 Å². The molecule has 0 aliphatic carbocycles. The Bertz CT molecular complexity index is 745. The standard InChI is InChI=1S/C20H27N5O2/c1-16-22-18(15-19(23-16)21-9-6-14-27-2)20(26)25-12-10-24(11-13-25)17-7-4-3-5-8-17/h3-5,7-8,15H,6,9-14H2,1-2H3,(H,21,22,23).